The minimum Gasteiger partial charge on any atom is -0.326 e. The van der Waals surface area contributed by atoms with Crippen LogP contribution in [0, 0.1) is 12.8 Å². The van der Waals surface area contributed by atoms with Crippen molar-refractivity contribution < 1.29 is 8.42 Å². The standard InChI is InChI=1S/C14H24N2O2S/c1-11(2)7-8-16(4)19(17,18)14-9-13(10-15)6-5-12(14)3/h5-6,9,11H,7-8,10,15H2,1-4H3. The molecular formula is C14H24N2O2S. The van der Waals surface area contributed by atoms with Gasteiger partial charge in [-0.2, -0.15) is 0 Å². The third-order valence-electron chi connectivity index (χ3n) is 3.20. The van der Waals surface area contributed by atoms with Crippen LogP contribution in [0.1, 0.15) is 31.4 Å². The fourth-order valence-corrected chi connectivity index (χ4v) is 3.23. The number of hydrogen-bond acceptors (Lipinski definition) is 3. The van der Waals surface area contributed by atoms with E-state index in [4.69, 9.17) is 5.73 Å². The lowest BCUT2D eigenvalue weighted by Crippen LogP contribution is -2.29. The van der Waals surface area contributed by atoms with E-state index in [9.17, 15) is 8.42 Å². The molecule has 0 aliphatic rings. The molecule has 0 heterocycles. The highest BCUT2D eigenvalue weighted by Crippen LogP contribution is 2.21. The Kier molecular flexibility index (Phi) is 5.52. The maximum absolute atomic E-state index is 12.5. The van der Waals surface area contributed by atoms with Crippen LogP contribution in [0.15, 0.2) is 23.1 Å². The van der Waals surface area contributed by atoms with Crippen LogP contribution in [-0.4, -0.2) is 26.3 Å². The van der Waals surface area contributed by atoms with Crippen molar-refractivity contribution in [3.63, 3.8) is 0 Å². The van der Waals surface area contributed by atoms with Crippen molar-refractivity contribution in [3.8, 4) is 0 Å². The first-order valence-corrected chi connectivity index (χ1v) is 7.99. The normalized spacial score (nSPS) is 12.4. The maximum atomic E-state index is 12.5. The summed E-state index contributed by atoms with van der Waals surface area (Å²) in [6.45, 7) is 6.86. The maximum Gasteiger partial charge on any atom is 0.243 e. The molecule has 19 heavy (non-hydrogen) atoms. The molecule has 0 amide bonds. The fraction of sp³-hybridized carbons (Fsp3) is 0.571. The smallest absolute Gasteiger partial charge is 0.243 e. The third kappa shape index (κ3) is 4.03. The van der Waals surface area contributed by atoms with Crippen LogP contribution >= 0.6 is 0 Å². The molecule has 0 atom stereocenters. The first-order valence-electron chi connectivity index (χ1n) is 6.55. The first kappa shape index (κ1) is 16.1. The molecule has 0 unspecified atom stereocenters. The average molecular weight is 284 g/mol. The van der Waals surface area contributed by atoms with Crippen molar-refractivity contribution in [1.82, 2.24) is 4.31 Å². The van der Waals surface area contributed by atoms with E-state index in [0.717, 1.165) is 17.5 Å². The van der Waals surface area contributed by atoms with Gasteiger partial charge in [0.15, 0.2) is 0 Å². The van der Waals surface area contributed by atoms with Crippen molar-refractivity contribution in [2.75, 3.05) is 13.6 Å². The number of rotatable bonds is 6. The Bertz CT molecular complexity index is 524. The molecule has 0 saturated heterocycles. The number of aryl methyl sites for hydroxylation is 1. The van der Waals surface area contributed by atoms with E-state index in [2.05, 4.69) is 13.8 Å². The van der Waals surface area contributed by atoms with Gasteiger partial charge in [-0.05, 0) is 36.5 Å². The molecule has 1 aromatic rings. The Hall–Kier alpha value is -0.910. The topological polar surface area (TPSA) is 63.4 Å². The van der Waals surface area contributed by atoms with Gasteiger partial charge in [-0.3, -0.25) is 0 Å². The molecule has 0 radical (unpaired) electrons. The van der Waals surface area contributed by atoms with Crippen LogP contribution in [0.2, 0.25) is 0 Å². The lowest BCUT2D eigenvalue weighted by Gasteiger charge is -2.20. The zero-order valence-electron chi connectivity index (χ0n) is 12.2. The molecule has 0 fully saturated rings. The van der Waals surface area contributed by atoms with Gasteiger partial charge in [-0.15, -0.1) is 0 Å². The molecular weight excluding hydrogens is 260 g/mol. The lowest BCUT2D eigenvalue weighted by molar-refractivity contribution is 0.428. The summed E-state index contributed by atoms with van der Waals surface area (Å²) in [5.41, 5.74) is 7.17. The molecule has 108 valence electrons. The molecule has 0 saturated carbocycles. The highest BCUT2D eigenvalue weighted by atomic mass is 32.2. The Morgan fingerprint density at radius 2 is 1.95 bits per heavy atom. The number of sulfonamides is 1. The van der Waals surface area contributed by atoms with Crippen LogP contribution in [0.4, 0.5) is 0 Å². The van der Waals surface area contributed by atoms with E-state index in [1.807, 2.05) is 19.1 Å². The molecule has 0 aliphatic heterocycles. The average Bonchev–Trinajstić information content (AvgIpc) is 2.36. The summed E-state index contributed by atoms with van der Waals surface area (Å²) >= 11 is 0. The largest absolute Gasteiger partial charge is 0.326 e. The van der Waals surface area contributed by atoms with E-state index in [1.165, 1.54) is 4.31 Å². The molecule has 0 aliphatic carbocycles. The molecule has 4 nitrogen and oxygen atoms in total. The Labute approximate surface area is 116 Å². The third-order valence-corrected chi connectivity index (χ3v) is 5.20. The molecule has 0 spiro atoms. The van der Waals surface area contributed by atoms with Gasteiger partial charge in [-0.25, -0.2) is 12.7 Å². The van der Waals surface area contributed by atoms with Crippen molar-refractivity contribution in [1.29, 1.82) is 0 Å². The van der Waals surface area contributed by atoms with E-state index in [-0.39, 0.29) is 0 Å². The second-order valence-electron chi connectivity index (χ2n) is 5.31. The quantitative estimate of drug-likeness (QED) is 0.870. The van der Waals surface area contributed by atoms with Gasteiger partial charge in [0.1, 0.15) is 0 Å². The van der Waals surface area contributed by atoms with Gasteiger partial charge in [0.05, 0.1) is 4.90 Å². The number of hydrogen-bond donors (Lipinski definition) is 1. The summed E-state index contributed by atoms with van der Waals surface area (Å²) in [4.78, 5) is 0.363. The number of nitrogens with zero attached hydrogens (tertiary/aromatic N) is 1. The molecule has 0 aromatic heterocycles. The van der Waals surface area contributed by atoms with Crippen molar-refractivity contribution in [2.24, 2.45) is 11.7 Å². The van der Waals surface area contributed by atoms with E-state index in [0.29, 0.717) is 23.9 Å². The molecule has 5 heteroatoms. The van der Waals surface area contributed by atoms with E-state index in [1.54, 1.807) is 13.1 Å². The second kappa shape index (κ2) is 6.50. The van der Waals surface area contributed by atoms with Gasteiger partial charge in [0, 0.05) is 20.1 Å². The summed E-state index contributed by atoms with van der Waals surface area (Å²) in [5.74, 6) is 0.481. The van der Waals surface area contributed by atoms with E-state index < -0.39 is 10.0 Å². The number of benzene rings is 1. The van der Waals surface area contributed by atoms with Crippen molar-refractivity contribution >= 4 is 10.0 Å². The number of nitrogens with two attached hydrogens (primary N) is 1. The van der Waals surface area contributed by atoms with Gasteiger partial charge in [0.25, 0.3) is 0 Å². The summed E-state index contributed by atoms with van der Waals surface area (Å²) in [6.07, 6.45) is 0.853. The van der Waals surface area contributed by atoms with Crippen LogP contribution < -0.4 is 5.73 Å². The zero-order chi connectivity index (χ0) is 14.6. The minimum atomic E-state index is -3.42. The van der Waals surface area contributed by atoms with Crippen molar-refractivity contribution in [3.05, 3.63) is 29.3 Å². The fourth-order valence-electron chi connectivity index (χ4n) is 1.78. The van der Waals surface area contributed by atoms with Crippen LogP contribution in [-0.2, 0) is 16.6 Å². The Morgan fingerprint density at radius 1 is 1.32 bits per heavy atom. The highest BCUT2D eigenvalue weighted by Gasteiger charge is 2.22. The summed E-state index contributed by atoms with van der Waals surface area (Å²) < 4.78 is 26.5. The monoisotopic (exact) mass is 284 g/mol. The molecule has 1 aromatic carbocycles. The highest BCUT2D eigenvalue weighted by molar-refractivity contribution is 7.89. The zero-order valence-corrected chi connectivity index (χ0v) is 13.0. The van der Waals surface area contributed by atoms with Gasteiger partial charge < -0.3 is 5.73 Å². The predicted molar refractivity (Wildman–Crippen MR) is 78.3 cm³/mol. The van der Waals surface area contributed by atoms with Crippen LogP contribution in [0.3, 0.4) is 0 Å². The SMILES string of the molecule is Cc1ccc(CN)cc1S(=O)(=O)N(C)CCC(C)C. The summed E-state index contributed by atoms with van der Waals surface area (Å²) in [6, 6.07) is 5.35. The van der Waals surface area contributed by atoms with Gasteiger partial charge in [-0.1, -0.05) is 26.0 Å². The summed E-state index contributed by atoms with van der Waals surface area (Å²) in [7, 11) is -1.79. The van der Waals surface area contributed by atoms with Crippen molar-refractivity contribution in [2.45, 2.75) is 38.6 Å². The Morgan fingerprint density at radius 3 is 2.47 bits per heavy atom. The molecule has 2 N–H and O–H groups in total. The first-order chi connectivity index (χ1) is 8.78. The predicted octanol–water partition coefficient (Wildman–Crippen LogP) is 2.12. The molecule has 0 bridgehead atoms. The van der Waals surface area contributed by atoms with Crippen LogP contribution in [0.25, 0.3) is 0 Å². The molecule has 1 rings (SSSR count). The second-order valence-corrected chi connectivity index (χ2v) is 7.33. The van der Waals surface area contributed by atoms with Gasteiger partial charge in [0.2, 0.25) is 10.0 Å². The lowest BCUT2D eigenvalue weighted by atomic mass is 10.1. The summed E-state index contributed by atoms with van der Waals surface area (Å²) in [5, 5.41) is 0. The minimum absolute atomic E-state index is 0.346. The van der Waals surface area contributed by atoms with Gasteiger partial charge >= 0.3 is 0 Å². The Balaban J connectivity index is 3.05. The van der Waals surface area contributed by atoms with E-state index >= 15 is 0 Å². The van der Waals surface area contributed by atoms with Crippen LogP contribution in [0.5, 0.6) is 0 Å².